The third kappa shape index (κ3) is 1.93. The number of aliphatic hydroxyl groups excluding tert-OH is 1. The van der Waals surface area contributed by atoms with E-state index in [4.69, 9.17) is 4.74 Å². The van der Waals surface area contributed by atoms with Gasteiger partial charge in [0.1, 0.15) is 5.75 Å². The van der Waals surface area contributed by atoms with Gasteiger partial charge in [-0.3, -0.25) is 0 Å². The van der Waals surface area contributed by atoms with Crippen LogP contribution in [0.4, 0.5) is 0 Å². The lowest BCUT2D eigenvalue weighted by atomic mass is 9.88. The van der Waals surface area contributed by atoms with Gasteiger partial charge in [-0.05, 0) is 79.7 Å². The monoisotopic (exact) mass is 246 g/mol. The molecule has 3 unspecified atom stereocenters. The second-order valence-electron chi connectivity index (χ2n) is 6.11. The van der Waals surface area contributed by atoms with E-state index >= 15 is 0 Å². The second-order valence-corrected chi connectivity index (χ2v) is 6.11. The maximum atomic E-state index is 10.6. The van der Waals surface area contributed by atoms with Crippen LogP contribution in [0.1, 0.15) is 42.1 Å². The zero-order chi connectivity index (χ0) is 12.9. The van der Waals surface area contributed by atoms with Gasteiger partial charge in [0.2, 0.25) is 0 Å². The maximum absolute atomic E-state index is 10.6. The average Bonchev–Trinajstić information content (AvgIpc) is 2.97. The summed E-state index contributed by atoms with van der Waals surface area (Å²) < 4.78 is 5.33. The molecular formula is C16H22O2. The first kappa shape index (κ1) is 12.0. The molecule has 0 bridgehead atoms. The zero-order valence-electron chi connectivity index (χ0n) is 11.4. The number of hydrogen-bond donors (Lipinski definition) is 1. The Morgan fingerprint density at radius 2 is 1.78 bits per heavy atom. The second kappa shape index (κ2) is 4.27. The van der Waals surface area contributed by atoms with E-state index in [2.05, 4.69) is 13.0 Å². The Morgan fingerprint density at radius 1 is 1.11 bits per heavy atom. The summed E-state index contributed by atoms with van der Waals surface area (Å²) in [4.78, 5) is 0. The van der Waals surface area contributed by atoms with Gasteiger partial charge in [0, 0.05) is 0 Å². The summed E-state index contributed by atoms with van der Waals surface area (Å²) in [5.41, 5.74) is 3.35. The van der Waals surface area contributed by atoms with Crippen molar-refractivity contribution in [2.24, 2.45) is 17.8 Å². The van der Waals surface area contributed by atoms with E-state index in [0.29, 0.717) is 5.92 Å². The Kier molecular flexibility index (Phi) is 2.86. The first-order chi connectivity index (χ1) is 8.60. The van der Waals surface area contributed by atoms with Crippen LogP contribution >= 0.6 is 0 Å². The summed E-state index contributed by atoms with van der Waals surface area (Å²) in [5.74, 6) is 3.23. The third-order valence-corrected chi connectivity index (χ3v) is 4.83. The summed E-state index contributed by atoms with van der Waals surface area (Å²) in [7, 11) is 1.70. The fourth-order valence-electron chi connectivity index (χ4n) is 3.62. The number of ether oxygens (including phenoxy) is 1. The Bertz CT molecular complexity index is 456. The molecule has 0 spiro atoms. The minimum absolute atomic E-state index is 0.289. The van der Waals surface area contributed by atoms with E-state index < -0.39 is 0 Å². The largest absolute Gasteiger partial charge is 0.496 e. The van der Waals surface area contributed by atoms with E-state index in [1.165, 1.54) is 19.3 Å². The van der Waals surface area contributed by atoms with Crippen LogP contribution in [0.3, 0.4) is 0 Å². The normalized spacial score (nSPS) is 31.0. The lowest BCUT2D eigenvalue weighted by molar-refractivity contribution is 0.104. The molecular weight excluding hydrogens is 224 g/mol. The third-order valence-electron chi connectivity index (χ3n) is 4.83. The van der Waals surface area contributed by atoms with Gasteiger partial charge in [0.15, 0.2) is 0 Å². The summed E-state index contributed by atoms with van der Waals surface area (Å²) in [6, 6.07) is 4.15. The van der Waals surface area contributed by atoms with Crippen molar-refractivity contribution in [2.45, 2.75) is 39.2 Å². The Hall–Kier alpha value is -1.02. The molecule has 2 saturated carbocycles. The molecule has 0 amide bonds. The molecule has 98 valence electrons. The lowest BCUT2D eigenvalue weighted by Gasteiger charge is -2.22. The highest BCUT2D eigenvalue weighted by atomic mass is 16.5. The van der Waals surface area contributed by atoms with Crippen LogP contribution in [0, 0.1) is 31.6 Å². The van der Waals surface area contributed by atoms with Crippen LogP contribution < -0.4 is 4.74 Å². The van der Waals surface area contributed by atoms with E-state index in [-0.39, 0.29) is 6.10 Å². The van der Waals surface area contributed by atoms with Crippen LogP contribution in [-0.2, 0) is 0 Å². The summed E-state index contributed by atoms with van der Waals surface area (Å²) in [5, 5.41) is 10.6. The van der Waals surface area contributed by atoms with Crippen molar-refractivity contribution in [1.29, 1.82) is 0 Å². The molecule has 0 radical (unpaired) electrons. The molecule has 18 heavy (non-hydrogen) atoms. The number of fused-ring (bicyclic) bond motifs is 1. The van der Waals surface area contributed by atoms with Gasteiger partial charge in [0.05, 0.1) is 13.2 Å². The quantitative estimate of drug-likeness (QED) is 0.885. The summed E-state index contributed by atoms with van der Waals surface area (Å²) in [6.45, 7) is 4.11. The molecule has 0 aliphatic heterocycles. The molecule has 2 heteroatoms. The minimum atomic E-state index is -0.289. The van der Waals surface area contributed by atoms with Gasteiger partial charge in [-0.15, -0.1) is 0 Å². The van der Waals surface area contributed by atoms with Crippen LogP contribution in [0.15, 0.2) is 12.1 Å². The van der Waals surface area contributed by atoms with Crippen molar-refractivity contribution in [2.75, 3.05) is 7.11 Å². The fourth-order valence-corrected chi connectivity index (χ4v) is 3.62. The molecule has 3 atom stereocenters. The van der Waals surface area contributed by atoms with Gasteiger partial charge in [-0.2, -0.15) is 0 Å². The average molecular weight is 246 g/mol. The fraction of sp³-hybridized carbons (Fsp3) is 0.625. The SMILES string of the molecule is COc1cc(C)c(C(O)C2CC3CC3C2)cc1C. The predicted molar refractivity (Wildman–Crippen MR) is 71.7 cm³/mol. The molecule has 1 N–H and O–H groups in total. The Labute approximate surface area is 109 Å². The van der Waals surface area contributed by atoms with Crippen LogP contribution in [-0.4, -0.2) is 12.2 Å². The highest BCUT2D eigenvalue weighted by Crippen LogP contribution is 2.57. The van der Waals surface area contributed by atoms with Crippen LogP contribution in [0.2, 0.25) is 0 Å². The number of aliphatic hydroxyl groups is 1. The van der Waals surface area contributed by atoms with E-state index in [1.54, 1.807) is 7.11 Å². The van der Waals surface area contributed by atoms with Gasteiger partial charge < -0.3 is 9.84 Å². The molecule has 2 aliphatic carbocycles. The van der Waals surface area contributed by atoms with Gasteiger partial charge in [-0.1, -0.05) is 0 Å². The van der Waals surface area contributed by atoms with E-state index in [1.807, 2.05) is 13.0 Å². The van der Waals surface area contributed by atoms with Crippen LogP contribution in [0.25, 0.3) is 0 Å². The van der Waals surface area contributed by atoms with Gasteiger partial charge in [-0.25, -0.2) is 0 Å². The maximum Gasteiger partial charge on any atom is 0.122 e. The first-order valence-corrected chi connectivity index (χ1v) is 6.93. The zero-order valence-corrected chi connectivity index (χ0v) is 11.4. The first-order valence-electron chi connectivity index (χ1n) is 6.93. The molecule has 0 aromatic heterocycles. The number of hydrogen-bond acceptors (Lipinski definition) is 2. The molecule has 2 fully saturated rings. The molecule has 2 nitrogen and oxygen atoms in total. The van der Waals surface area contributed by atoms with Gasteiger partial charge in [0.25, 0.3) is 0 Å². The minimum Gasteiger partial charge on any atom is -0.496 e. The lowest BCUT2D eigenvalue weighted by Crippen LogP contribution is -2.12. The highest BCUT2D eigenvalue weighted by Gasteiger charge is 2.48. The standard InChI is InChI=1S/C16H22O2/c1-9-5-15(18-3)10(2)4-14(9)16(17)13-7-11-6-12(11)8-13/h4-5,11-13,16-17H,6-8H2,1-3H3. The number of aryl methyl sites for hydroxylation is 2. The Balaban J connectivity index is 1.84. The Morgan fingerprint density at radius 3 is 2.39 bits per heavy atom. The van der Waals surface area contributed by atoms with Crippen molar-refractivity contribution in [1.82, 2.24) is 0 Å². The summed E-state index contributed by atoms with van der Waals surface area (Å²) >= 11 is 0. The van der Waals surface area contributed by atoms with E-state index in [9.17, 15) is 5.11 Å². The van der Waals surface area contributed by atoms with Crippen molar-refractivity contribution in [3.05, 3.63) is 28.8 Å². The highest BCUT2D eigenvalue weighted by molar-refractivity contribution is 5.42. The molecule has 3 rings (SSSR count). The summed E-state index contributed by atoms with van der Waals surface area (Å²) in [6.07, 6.45) is 3.55. The van der Waals surface area contributed by atoms with Crippen molar-refractivity contribution < 1.29 is 9.84 Å². The van der Waals surface area contributed by atoms with Crippen molar-refractivity contribution in [3.8, 4) is 5.75 Å². The van der Waals surface area contributed by atoms with Crippen LogP contribution in [0.5, 0.6) is 5.75 Å². The predicted octanol–water partition coefficient (Wildman–Crippen LogP) is 3.39. The molecule has 0 saturated heterocycles. The van der Waals surface area contributed by atoms with Gasteiger partial charge >= 0.3 is 0 Å². The molecule has 0 heterocycles. The number of benzene rings is 1. The smallest absolute Gasteiger partial charge is 0.122 e. The molecule has 2 aliphatic rings. The van der Waals surface area contributed by atoms with Crippen molar-refractivity contribution in [3.63, 3.8) is 0 Å². The molecule has 1 aromatic carbocycles. The van der Waals surface area contributed by atoms with Crippen molar-refractivity contribution >= 4 is 0 Å². The number of rotatable bonds is 3. The number of methoxy groups -OCH3 is 1. The van der Waals surface area contributed by atoms with E-state index in [0.717, 1.165) is 34.3 Å². The molecule has 1 aromatic rings. The topological polar surface area (TPSA) is 29.5 Å².